The molecule has 1 aliphatic rings. The Morgan fingerprint density at radius 1 is 1.15 bits per heavy atom. The Balaban J connectivity index is 1.57. The predicted molar refractivity (Wildman–Crippen MR) is 105 cm³/mol. The summed E-state index contributed by atoms with van der Waals surface area (Å²) in [5.74, 6) is 0.485. The lowest BCUT2D eigenvalue weighted by atomic mass is 9.97. The number of carbonyl (C=O) groups is 1. The first-order chi connectivity index (χ1) is 12.8. The molecule has 1 aromatic heterocycles. The molecule has 5 heteroatoms. The molecule has 0 bridgehead atoms. The van der Waals surface area contributed by atoms with Crippen LogP contribution in [0.3, 0.4) is 0 Å². The Morgan fingerprint density at radius 3 is 2.58 bits per heavy atom. The van der Waals surface area contributed by atoms with E-state index >= 15 is 0 Å². The SMILES string of the molecule is CCN(c1ccccc1)c1ncc(C(=O)NCCC2=CCCCC2)cn1. The van der Waals surface area contributed by atoms with Gasteiger partial charge in [-0.3, -0.25) is 4.79 Å². The van der Waals surface area contributed by atoms with E-state index < -0.39 is 0 Å². The molecule has 0 saturated heterocycles. The average molecular weight is 350 g/mol. The zero-order valence-corrected chi connectivity index (χ0v) is 15.3. The number of para-hydroxylation sites is 1. The maximum Gasteiger partial charge on any atom is 0.254 e. The third-order valence-electron chi connectivity index (χ3n) is 4.64. The number of rotatable bonds is 7. The number of anilines is 2. The van der Waals surface area contributed by atoms with Crippen molar-refractivity contribution in [1.82, 2.24) is 15.3 Å². The Labute approximate surface area is 155 Å². The number of carbonyl (C=O) groups excluding carboxylic acids is 1. The Bertz CT molecular complexity index is 740. The fourth-order valence-electron chi connectivity index (χ4n) is 3.20. The van der Waals surface area contributed by atoms with Crippen molar-refractivity contribution < 1.29 is 4.79 Å². The van der Waals surface area contributed by atoms with Gasteiger partial charge in [-0.25, -0.2) is 9.97 Å². The van der Waals surface area contributed by atoms with Crippen molar-refractivity contribution in [3.63, 3.8) is 0 Å². The van der Waals surface area contributed by atoms with Crippen molar-refractivity contribution in [3.05, 3.63) is 59.9 Å². The molecule has 1 heterocycles. The highest BCUT2D eigenvalue weighted by Gasteiger charge is 2.12. The van der Waals surface area contributed by atoms with E-state index in [1.54, 1.807) is 12.4 Å². The minimum atomic E-state index is -0.115. The second-order valence-electron chi connectivity index (χ2n) is 6.47. The number of nitrogens with one attached hydrogen (secondary N) is 1. The molecule has 136 valence electrons. The molecule has 0 aliphatic heterocycles. The predicted octanol–water partition coefficient (Wildman–Crippen LogP) is 4.25. The maximum absolute atomic E-state index is 12.3. The lowest BCUT2D eigenvalue weighted by Crippen LogP contribution is -2.26. The largest absolute Gasteiger partial charge is 0.352 e. The van der Waals surface area contributed by atoms with Crippen LogP contribution in [-0.2, 0) is 0 Å². The molecule has 1 N–H and O–H groups in total. The Hall–Kier alpha value is -2.69. The molecule has 0 spiro atoms. The van der Waals surface area contributed by atoms with Crippen LogP contribution in [0.1, 0.15) is 49.4 Å². The van der Waals surface area contributed by atoms with E-state index in [1.165, 1.54) is 31.3 Å². The monoisotopic (exact) mass is 350 g/mol. The van der Waals surface area contributed by atoms with Crippen molar-refractivity contribution >= 4 is 17.5 Å². The first-order valence-corrected chi connectivity index (χ1v) is 9.38. The van der Waals surface area contributed by atoms with Gasteiger partial charge in [-0.15, -0.1) is 0 Å². The smallest absolute Gasteiger partial charge is 0.254 e. The maximum atomic E-state index is 12.3. The normalized spacial score (nSPS) is 13.8. The van der Waals surface area contributed by atoms with Crippen molar-refractivity contribution in [2.45, 2.75) is 39.0 Å². The van der Waals surface area contributed by atoms with Crippen LogP contribution >= 0.6 is 0 Å². The topological polar surface area (TPSA) is 58.1 Å². The molecular formula is C21H26N4O. The third-order valence-corrected chi connectivity index (χ3v) is 4.64. The quantitative estimate of drug-likeness (QED) is 0.758. The van der Waals surface area contributed by atoms with Crippen molar-refractivity contribution in [2.24, 2.45) is 0 Å². The van der Waals surface area contributed by atoms with Crippen LogP contribution in [0.2, 0.25) is 0 Å². The number of hydrogen-bond acceptors (Lipinski definition) is 4. The lowest BCUT2D eigenvalue weighted by molar-refractivity contribution is 0.0953. The van der Waals surface area contributed by atoms with Crippen LogP contribution < -0.4 is 10.2 Å². The molecule has 0 radical (unpaired) electrons. The summed E-state index contributed by atoms with van der Waals surface area (Å²) in [5.41, 5.74) is 2.99. The van der Waals surface area contributed by atoms with Crippen LogP contribution in [-0.4, -0.2) is 29.0 Å². The molecule has 1 aliphatic carbocycles. The van der Waals surface area contributed by atoms with Crippen LogP contribution in [0.5, 0.6) is 0 Å². The second-order valence-corrected chi connectivity index (χ2v) is 6.47. The van der Waals surface area contributed by atoms with Gasteiger partial charge in [0.25, 0.3) is 5.91 Å². The summed E-state index contributed by atoms with van der Waals surface area (Å²) in [6.07, 6.45) is 11.3. The number of nitrogens with zero attached hydrogens (tertiary/aromatic N) is 3. The number of aromatic nitrogens is 2. The molecule has 0 saturated carbocycles. The second kappa shape index (κ2) is 9.13. The first kappa shape index (κ1) is 18.1. The summed E-state index contributed by atoms with van der Waals surface area (Å²) in [6, 6.07) is 10.00. The average Bonchev–Trinajstić information content (AvgIpc) is 2.71. The highest BCUT2D eigenvalue weighted by atomic mass is 16.1. The summed E-state index contributed by atoms with van der Waals surface area (Å²) in [6.45, 7) is 3.47. The molecule has 2 aromatic rings. The zero-order valence-electron chi connectivity index (χ0n) is 15.3. The summed E-state index contributed by atoms with van der Waals surface area (Å²) < 4.78 is 0. The van der Waals surface area contributed by atoms with Gasteiger partial charge in [0.05, 0.1) is 5.56 Å². The number of allylic oxidation sites excluding steroid dienone is 1. The van der Waals surface area contributed by atoms with Gasteiger partial charge in [0.15, 0.2) is 0 Å². The van der Waals surface area contributed by atoms with Crippen LogP contribution in [0.25, 0.3) is 0 Å². The standard InChI is InChI=1S/C21H26N4O/c1-2-25(19-11-7-4-8-12-19)21-23-15-18(16-24-21)20(26)22-14-13-17-9-5-3-6-10-17/h4,7-9,11-12,15-16H,2-3,5-6,10,13-14H2,1H3,(H,22,26). The van der Waals surface area contributed by atoms with Gasteiger partial charge >= 0.3 is 0 Å². The molecule has 1 aromatic carbocycles. The molecule has 1 amide bonds. The molecule has 3 rings (SSSR count). The molecule has 26 heavy (non-hydrogen) atoms. The van der Waals surface area contributed by atoms with Gasteiger partial charge in [-0.05, 0) is 51.2 Å². The van der Waals surface area contributed by atoms with Crippen molar-refractivity contribution in [1.29, 1.82) is 0 Å². The third kappa shape index (κ3) is 4.69. The van der Waals surface area contributed by atoms with Gasteiger partial charge in [0.2, 0.25) is 5.95 Å². The van der Waals surface area contributed by atoms with E-state index in [4.69, 9.17) is 0 Å². The molecule has 0 unspecified atom stereocenters. The van der Waals surface area contributed by atoms with Gasteiger partial charge < -0.3 is 10.2 Å². The summed E-state index contributed by atoms with van der Waals surface area (Å²) in [4.78, 5) is 23.1. The number of amides is 1. The zero-order chi connectivity index (χ0) is 18.2. The van der Waals surface area contributed by atoms with Crippen LogP contribution in [0, 0.1) is 0 Å². The highest BCUT2D eigenvalue weighted by molar-refractivity contribution is 5.93. The highest BCUT2D eigenvalue weighted by Crippen LogP contribution is 2.21. The van der Waals surface area contributed by atoms with Crippen LogP contribution in [0.15, 0.2) is 54.4 Å². The minimum absolute atomic E-state index is 0.115. The van der Waals surface area contributed by atoms with Gasteiger partial charge in [0, 0.05) is 31.2 Å². The summed E-state index contributed by atoms with van der Waals surface area (Å²) >= 11 is 0. The summed E-state index contributed by atoms with van der Waals surface area (Å²) in [5, 5.41) is 2.97. The first-order valence-electron chi connectivity index (χ1n) is 9.38. The van der Waals surface area contributed by atoms with E-state index in [0.717, 1.165) is 18.7 Å². The molecule has 0 atom stereocenters. The van der Waals surface area contributed by atoms with Gasteiger partial charge in [-0.1, -0.05) is 29.8 Å². The van der Waals surface area contributed by atoms with E-state index in [9.17, 15) is 4.79 Å². The van der Waals surface area contributed by atoms with Gasteiger partial charge in [-0.2, -0.15) is 0 Å². The van der Waals surface area contributed by atoms with E-state index in [2.05, 4.69) is 28.3 Å². The van der Waals surface area contributed by atoms with E-state index in [-0.39, 0.29) is 5.91 Å². The summed E-state index contributed by atoms with van der Waals surface area (Å²) in [7, 11) is 0. The van der Waals surface area contributed by atoms with Crippen molar-refractivity contribution in [3.8, 4) is 0 Å². The van der Waals surface area contributed by atoms with Crippen molar-refractivity contribution in [2.75, 3.05) is 18.0 Å². The Kier molecular flexibility index (Phi) is 6.36. The van der Waals surface area contributed by atoms with E-state index in [0.29, 0.717) is 18.1 Å². The molecule has 5 nitrogen and oxygen atoms in total. The number of benzene rings is 1. The fourth-order valence-corrected chi connectivity index (χ4v) is 3.20. The lowest BCUT2D eigenvalue weighted by Gasteiger charge is -2.20. The van der Waals surface area contributed by atoms with Crippen LogP contribution in [0.4, 0.5) is 11.6 Å². The van der Waals surface area contributed by atoms with E-state index in [1.807, 2.05) is 35.2 Å². The molecule has 0 fully saturated rings. The Morgan fingerprint density at radius 2 is 1.92 bits per heavy atom. The van der Waals surface area contributed by atoms with Gasteiger partial charge in [0.1, 0.15) is 0 Å². The minimum Gasteiger partial charge on any atom is -0.352 e. The number of hydrogen-bond donors (Lipinski definition) is 1. The fraction of sp³-hybridized carbons (Fsp3) is 0.381. The molecular weight excluding hydrogens is 324 g/mol.